The van der Waals surface area contributed by atoms with Gasteiger partial charge in [-0.05, 0) is 61.4 Å². The topological polar surface area (TPSA) is 44.0 Å². The molecule has 3 aromatic carbocycles. The van der Waals surface area contributed by atoms with Crippen molar-refractivity contribution in [1.82, 2.24) is 9.13 Å². The van der Waals surface area contributed by atoms with Gasteiger partial charge in [-0.15, -0.1) is 0 Å². The Balaban J connectivity index is 2.00. The first-order valence-corrected chi connectivity index (χ1v) is 11.9. The summed E-state index contributed by atoms with van der Waals surface area (Å²) in [7, 11) is 0. The molecule has 0 aliphatic heterocycles. The summed E-state index contributed by atoms with van der Waals surface area (Å²) in [5.74, 6) is -0.820. The van der Waals surface area contributed by atoms with E-state index >= 15 is 0 Å². The minimum atomic E-state index is -0.410. The zero-order valence-electron chi connectivity index (χ0n) is 19.3. The molecule has 34 heavy (non-hydrogen) atoms. The van der Waals surface area contributed by atoms with Crippen LogP contribution >= 0.6 is 0 Å². The minimum absolute atomic E-state index is 0.200. The van der Waals surface area contributed by atoms with Gasteiger partial charge in [0.1, 0.15) is 11.6 Å². The highest BCUT2D eigenvalue weighted by atomic mass is 19.1. The van der Waals surface area contributed by atoms with Gasteiger partial charge in [0, 0.05) is 34.6 Å². The van der Waals surface area contributed by atoms with Crippen LogP contribution in [0.25, 0.3) is 43.6 Å². The Hall–Kier alpha value is -3.54. The summed E-state index contributed by atoms with van der Waals surface area (Å²) in [5, 5.41) is 1.84. The Bertz CT molecular complexity index is 1570. The van der Waals surface area contributed by atoms with Crippen molar-refractivity contribution in [3.63, 3.8) is 0 Å². The molecule has 4 nitrogen and oxygen atoms in total. The Morgan fingerprint density at radius 3 is 1.35 bits per heavy atom. The monoisotopic (exact) mass is 460 g/mol. The molecule has 5 rings (SSSR count). The second-order valence-electron chi connectivity index (χ2n) is 8.88. The van der Waals surface area contributed by atoms with Gasteiger partial charge < -0.3 is 9.13 Å². The highest BCUT2D eigenvalue weighted by molar-refractivity contribution is 6.03. The number of unbranched alkanes of at least 4 members (excludes halogenated alkanes) is 2. The van der Waals surface area contributed by atoms with Crippen molar-refractivity contribution in [3.05, 3.63) is 80.6 Å². The highest BCUT2D eigenvalue weighted by Gasteiger charge is 2.17. The summed E-state index contributed by atoms with van der Waals surface area (Å²) in [6.45, 7) is 5.34. The maximum atomic E-state index is 14.2. The molecule has 6 heteroatoms. The van der Waals surface area contributed by atoms with Crippen LogP contribution in [0.2, 0.25) is 0 Å². The van der Waals surface area contributed by atoms with Gasteiger partial charge in [-0.3, -0.25) is 9.59 Å². The number of aromatic nitrogens is 2. The fourth-order valence-electron chi connectivity index (χ4n) is 4.89. The molecule has 0 aliphatic rings. The first-order valence-electron chi connectivity index (χ1n) is 11.9. The molecule has 0 atom stereocenters. The zero-order valence-corrected chi connectivity index (χ0v) is 19.3. The molecule has 0 unspecified atom stereocenters. The lowest BCUT2D eigenvalue weighted by Gasteiger charge is -2.19. The van der Waals surface area contributed by atoms with Crippen molar-refractivity contribution in [2.75, 3.05) is 0 Å². The molecular formula is C28H26F2N2O2. The third kappa shape index (κ3) is 3.49. The zero-order chi connectivity index (χ0) is 24.0. The van der Waals surface area contributed by atoms with Crippen molar-refractivity contribution in [2.24, 2.45) is 0 Å². The van der Waals surface area contributed by atoms with E-state index < -0.39 is 11.6 Å². The van der Waals surface area contributed by atoms with Crippen LogP contribution in [0, 0.1) is 11.6 Å². The van der Waals surface area contributed by atoms with E-state index in [0.29, 0.717) is 56.7 Å². The third-order valence-corrected chi connectivity index (χ3v) is 6.65. The van der Waals surface area contributed by atoms with Crippen LogP contribution in [0.1, 0.15) is 39.5 Å². The SMILES string of the molecule is CCCCn1c2cc(F)ccc2c(=O)c2cc3c(cc21)c(=O)c1ccc(F)cc1n3CCCC. The van der Waals surface area contributed by atoms with Crippen LogP contribution in [-0.2, 0) is 13.1 Å². The molecule has 2 heterocycles. The summed E-state index contributed by atoms with van der Waals surface area (Å²) in [6.07, 6.45) is 3.55. The molecule has 0 saturated heterocycles. The lowest BCUT2D eigenvalue weighted by molar-refractivity contribution is 0.624. The van der Waals surface area contributed by atoms with Gasteiger partial charge in [-0.2, -0.15) is 0 Å². The van der Waals surface area contributed by atoms with E-state index in [-0.39, 0.29) is 10.9 Å². The number of halogens is 2. The molecular weight excluding hydrogens is 434 g/mol. The minimum Gasteiger partial charge on any atom is -0.340 e. The van der Waals surface area contributed by atoms with Crippen LogP contribution < -0.4 is 10.9 Å². The molecule has 0 fully saturated rings. The van der Waals surface area contributed by atoms with E-state index in [9.17, 15) is 18.4 Å². The lowest BCUT2D eigenvalue weighted by Crippen LogP contribution is -2.16. The molecule has 0 radical (unpaired) electrons. The van der Waals surface area contributed by atoms with Crippen LogP contribution in [0.15, 0.2) is 58.1 Å². The van der Waals surface area contributed by atoms with Crippen LogP contribution in [0.3, 0.4) is 0 Å². The summed E-state index contributed by atoms with van der Waals surface area (Å²) in [4.78, 5) is 27.0. The van der Waals surface area contributed by atoms with Gasteiger partial charge in [0.25, 0.3) is 0 Å². The molecule has 0 spiro atoms. The summed E-state index contributed by atoms with van der Waals surface area (Å²) >= 11 is 0. The van der Waals surface area contributed by atoms with Crippen molar-refractivity contribution in [3.8, 4) is 0 Å². The Labute approximate surface area is 195 Å². The van der Waals surface area contributed by atoms with E-state index in [0.717, 1.165) is 25.7 Å². The summed E-state index contributed by atoms with van der Waals surface area (Å²) in [5.41, 5.74) is 1.88. The number of pyridine rings is 2. The van der Waals surface area contributed by atoms with E-state index in [1.54, 1.807) is 12.1 Å². The molecule has 5 aromatic rings. The quantitative estimate of drug-likeness (QED) is 0.272. The Morgan fingerprint density at radius 2 is 0.971 bits per heavy atom. The molecule has 0 aliphatic carbocycles. The number of hydrogen-bond acceptors (Lipinski definition) is 2. The van der Waals surface area contributed by atoms with Gasteiger partial charge >= 0.3 is 0 Å². The highest BCUT2D eigenvalue weighted by Crippen LogP contribution is 2.27. The maximum absolute atomic E-state index is 14.2. The van der Waals surface area contributed by atoms with E-state index in [1.807, 2.05) is 9.13 Å². The normalized spacial score (nSPS) is 11.9. The Morgan fingerprint density at radius 1 is 0.588 bits per heavy atom. The van der Waals surface area contributed by atoms with Crippen molar-refractivity contribution in [1.29, 1.82) is 0 Å². The first kappa shape index (κ1) is 22.3. The van der Waals surface area contributed by atoms with Crippen molar-refractivity contribution in [2.45, 2.75) is 52.6 Å². The first-order chi connectivity index (χ1) is 16.4. The average molecular weight is 461 g/mol. The standard InChI is InChI=1S/C28H26F2N2O2/c1-3-5-11-31-23-13-17(29)7-9-19(23)27(33)21-16-26-22(15-25(21)31)28(34)20-10-8-18(30)14-24(20)32(26)12-6-4-2/h7-10,13-16H,3-6,11-12H2,1-2H3. The molecule has 174 valence electrons. The second kappa shape index (κ2) is 8.67. The van der Waals surface area contributed by atoms with Crippen molar-refractivity contribution < 1.29 is 8.78 Å². The maximum Gasteiger partial charge on any atom is 0.197 e. The molecule has 2 aromatic heterocycles. The number of benzene rings is 3. The predicted octanol–water partition coefficient (Wildman–Crippen LogP) is 6.50. The molecule has 0 saturated carbocycles. The van der Waals surface area contributed by atoms with Gasteiger partial charge in [0.2, 0.25) is 0 Å². The molecule has 0 bridgehead atoms. The number of nitrogens with zero attached hydrogens (tertiary/aromatic N) is 2. The van der Waals surface area contributed by atoms with E-state index in [4.69, 9.17) is 0 Å². The smallest absolute Gasteiger partial charge is 0.197 e. The number of rotatable bonds is 6. The number of aryl methyl sites for hydroxylation is 2. The van der Waals surface area contributed by atoms with Crippen LogP contribution in [0.5, 0.6) is 0 Å². The second-order valence-corrected chi connectivity index (χ2v) is 8.88. The van der Waals surface area contributed by atoms with Gasteiger partial charge in [-0.25, -0.2) is 8.78 Å². The van der Waals surface area contributed by atoms with Gasteiger partial charge in [0.05, 0.1) is 22.1 Å². The average Bonchev–Trinajstić information content (AvgIpc) is 2.83. The predicted molar refractivity (Wildman–Crippen MR) is 135 cm³/mol. The largest absolute Gasteiger partial charge is 0.340 e. The van der Waals surface area contributed by atoms with Crippen molar-refractivity contribution >= 4 is 43.6 Å². The van der Waals surface area contributed by atoms with E-state index in [2.05, 4.69) is 13.8 Å². The lowest BCUT2D eigenvalue weighted by atomic mass is 10.0. The van der Waals surface area contributed by atoms with Crippen LogP contribution in [-0.4, -0.2) is 9.13 Å². The van der Waals surface area contributed by atoms with Gasteiger partial charge in [0.15, 0.2) is 10.9 Å². The summed E-state index contributed by atoms with van der Waals surface area (Å²) in [6, 6.07) is 12.0. The van der Waals surface area contributed by atoms with Gasteiger partial charge in [-0.1, -0.05) is 26.7 Å². The fraction of sp³-hybridized carbons (Fsp3) is 0.286. The van der Waals surface area contributed by atoms with Crippen LogP contribution in [0.4, 0.5) is 8.78 Å². The van der Waals surface area contributed by atoms with E-state index in [1.165, 1.54) is 36.4 Å². The Kier molecular flexibility index (Phi) is 5.68. The summed E-state index contributed by atoms with van der Waals surface area (Å²) < 4.78 is 32.2. The number of fused-ring (bicyclic) bond motifs is 4. The fourth-order valence-corrected chi connectivity index (χ4v) is 4.89. The molecule has 0 N–H and O–H groups in total. The number of hydrogen-bond donors (Lipinski definition) is 0. The third-order valence-electron chi connectivity index (χ3n) is 6.65. The molecule has 0 amide bonds.